The molecule has 29 heavy (non-hydrogen) atoms. The van der Waals surface area contributed by atoms with Gasteiger partial charge in [0.2, 0.25) is 0 Å². The summed E-state index contributed by atoms with van der Waals surface area (Å²) in [7, 11) is -4.78. The fraction of sp³-hybridized carbons (Fsp3) is 1.00. The number of hydrogen-bond donors (Lipinski definition) is 12. The minimum Gasteiger partial charge on any atom is -0.362 e. The Morgan fingerprint density at radius 3 is 0.310 bits per heavy atom. The molecule has 0 amide bonds. The van der Waals surface area contributed by atoms with E-state index < -0.39 is 31.7 Å². The van der Waals surface area contributed by atoms with Crippen molar-refractivity contribution in [3.05, 3.63) is 0 Å². The van der Waals surface area contributed by atoms with Crippen molar-refractivity contribution in [3.8, 4) is 0 Å². The third-order valence-corrected chi connectivity index (χ3v) is 8.05. The molecular weight excluding hydrogens is 524 g/mol. The zero-order chi connectivity index (χ0) is 22.8. The van der Waals surface area contributed by atoms with Gasteiger partial charge in [0.15, 0.2) is 76.2 Å². The van der Waals surface area contributed by atoms with Crippen LogP contribution in [0.1, 0.15) is 0 Å². The second-order valence-corrected chi connectivity index (χ2v) is 14.7. The predicted molar refractivity (Wildman–Crippen MR) is 118 cm³/mol. The van der Waals surface area contributed by atoms with E-state index in [2.05, 4.69) is 0 Å². The van der Waals surface area contributed by atoms with Crippen molar-refractivity contribution in [2.45, 2.75) is 0 Å². The molecule has 0 saturated heterocycles. The van der Waals surface area contributed by atoms with E-state index >= 15 is 0 Å². The molecule has 0 heterocycles. The van der Waals surface area contributed by atoms with Gasteiger partial charge in [-0.1, -0.05) is 0 Å². The predicted octanol–water partition coefficient (Wildman–Crippen LogP) is -3.80. The Morgan fingerprint density at radius 1 is 0.241 bits per heavy atom. The van der Waals surface area contributed by atoms with E-state index in [0.717, 1.165) is 0 Å². The van der Waals surface area contributed by atoms with Gasteiger partial charge in [0.05, 0.1) is 31.7 Å². The zero-order valence-corrected chi connectivity index (χ0v) is 21.1. The summed E-state index contributed by atoms with van der Waals surface area (Å²) in [6, 6.07) is 0. The minimum absolute atomic E-state index is 0. The molecule has 0 aliphatic rings. The van der Waals surface area contributed by atoms with Crippen LogP contribution < -0.4 is 0 Å². The van der Waals surface area contributed by atoms with Crippen LogP contribution in [0.25, 0.3) is 0 Å². The second kappa shape index (κ2) is 37.1. The topological polar surface area (TPSA) is 243 Å². The Labute approximate surface area is 186 Å². The first-order valence-electron chi connectivity index (χ1n) is 8.04. The van der Waals surface area contributed by atoms with Crippen molar-refractivity contribution in [1.29, 1.82) is 0 Å². The van der Waals surface area contributed by atoms with Crippen LogP contribution in [0.3, 0.4) is 0 Å². The third kappa shape index (κ3) is 34.6. The van der Waals surface area contributed by atoms with Gasteiger partial charge in [-0.05, 0) is 0 Å². The summed E-state index contributed by atoms with van der Waals surface area (Å²) in [6.45, 7) is 0. The molecule has 0 aromatic heterocycles. The molecule has 12 nitrogen and oxygen atoms in total. The summed E-state index contributed by atoms with van der Waals surface area (Å²) in [4.78, 5) is 0. The van der Waals surface area contributed by atoms with E-state index in [1.54, 1.807) is 0 Å². The Morgan fingerprint density at radius 2 is 0.310 bits per heavy atom. The molecule has 17 heteroatoms. The van der Waals surface area contributed by atoms with Crippen LogP contribution in [-0.2, 0) is 17.1 Å². The van der Waals surface area contributed by atoms with E-state index in [1.165, 1.54) is 0 Å². The molecule has 0 saturated carbocycles. The van der Waals surface area contributed by atoms with E-state index in [0.29, 0.717) is 0 Å². The number of rotatable bonds is 12. The van der Waals surface area contributed by atoms with Gasteiger partial charge in [-0.15, -0.1) is 0 Å². The molecule has 12 N–H and O–H groups in total. The Hall–Kier alpha value is 1.76. The second-order valence-electron chi connectivity index (χ2n) is 4.90. The molecule has 1 radical (unpaired) electrons. The van der Waals surface area contributed by atoms with Crippen molar-refractivity contribution >= 4 is 31.7 Å². The van der Waals surface area contributed by atoms with Gasteiger partial charge >= 0.3 is 0 Å². The van der Waals surface area contributed by atoms with Crippen LogP contribution in [0.15, 0.2) is 0 Å². The van der Waals surface area contributed by atoms with Crippen molar-refractivity contribution in [2.75, 3.05) is 76.2 Å². The summed E-state index contributed by atoms with van der Waals surface area (Å²) >= 11 is 0. The molecule has 0 aliphatic carbocycles. The third-order valence-electron chi connectivity index (χ3n) is 2.68. The Kier molecular flexibility index (Phi) is 52.5. The maximum atomic E-state index is 8.25. The number of aliphatic hydroxyl groups is 12. The van der Waals surface area contributed by atoms with Crippen LogP contribution >= 0.6 is 31.7 Å². The molecule has 0 unspecified atom stereocenters. The fourth-order valence-electron chi connectivity index (χ4n) is 0.600. The summed E-state index contributed by atoms with van der Waals surface area (Å²) in [5.74, 6) is 0. The molecule has 0 aliphatic heterocycles. The van der Waals surface area contributed by atoms with E-state index in [1.807, 2.05) is 0 Å². The fourth-order valence-corrected chi connectivity index (χ4v) is 1.80. The molecule has 0 rings (SSSR count). The van der Waals surface area contributed by atoms with Gasteiger partial charge in [0.1, 0.15) is 0 Å². The smallest absolute Gasteiger partial charge is 0.156 e. The summed E-state index contributed by atoms with van der Waals surface area (Å²) in [5, 5.41) is 99.0. The molecule has 0 bridgehead atoms. The first-order chi connectivity index (χ1) is 13.4. The molecule has 0 aromatic rings. The standard InChI is InChI=1S/4C3H9O3P.Cu/c4*4-1-7(2-5)3-6;/h4*4-6H,1-3H2;/p+4. The largest absolute Gasteiger partial charge is 0.362 e. The molecule has 0 atom stereocenters. The van der Waals surface area contributed by atoms with Gasteiger partial charge in [0.25, 0.3) is 0 Å². The minimum atomic E-state index is -1.20. The summed E-state index contributed by atoms with van der Waals surface area (Å²) in [5.41, 5.74) is 0. The molecule has 0 spiro atoms. The average molecular weight is 564 g/mol. The first kappa shape index (κ1) is 41.1. The summed E-state index contributed by atoms with van der Waals surface area (Å²) in [6.07, 6.45) is -0.528. The van der Waals surface area contributed by atoms with Gasteiger partial charge in [0, 0.05) is 17.1 Å². The number of aliphatic hydroxyl groups excluding tert-OH is 12. The van der Waals surface area contributed by atoms with Crippen LogP contribution in [-0.4, -0.2) is 137 Å². The summed E-state index contributed by atoms with van der Waals surface area (Å²) < 4.78 is 0. The van der Waals surface area contributed by atoms with Gasteiger partial charge < -0.3 is 61.3 Å². The SMILES string of the molecule is OC[PH+](CO)CO.OC[PH+](CO)CO.OC[PH+](CO)CO.OC[PH+](CO)CO.[Cu]. The monoisotopic (exact) mass is 563 g/mol. The molecule has 0 fully saturated rings. The van der Waals surface area contributed by atoms with Crippen molar-refractivity contribution < 1.29 is 78.3 Å². The maximum Gasteiger partial charge on any atom is 0.156 e. The van der Waals surface area contributed by atoms with Crippen molar-refractivity contribution in [3.63, 3.8) is 0 Å². The zero-order valence-electron chi connectivity index (χ0n) is 16.2. The molecule has 0 aromatic carbocycles. The first-order valence-corrected chi connectivity index (χ1v) is 16.5. The van der Waals surface area contributed by atoms with E-state index in [9.17, 15) is 0 Å². The average Bonchev–Trinajstić information content (AvgIpc) is 2.75. The van der Waals surface area contributed by atoms with Crippen LogP contribution in [0.5, 0.6) is 0 Å². The normalized spacial score (nSPS) is 9.93. The van der Waals surface area contributed by atoms with Gasteiger partial charge in [-0.3, -0.25) is 0 Å². The van der Waals surface area contributed by atoms with Crippen LogP contribution in [0.2, 0.25) is 0 Å². The maximum absolute atomic E-state index is 8.25. The Balaban J connectivity index is -0.0000000873. The Bertz CT molecular complexity index is 181. The molecular formula is C12H40CuO12P4+4. The van der Waals surface area contributed by atoms with Crippen molar-refractivity contribution in [1.82, 2.24) is 0 Å². The van der Waals surface area contributed by atoms with Gasteiger partial charge in [-0.25, -0.2) is 0 Å². The van der Waals surface area contributed by atoms with Gasteiger partial charge in [-0.2, -0.15) is 0 Å². The van der Waals surface area contributed by atoms with Crippen LogP contribution in [0.4, 0.5) is 0 Å². The van der Waals surface area contributed by atoms with Crippen molar-refractivity contribution in [2.24, 2.45) is 0 Å². The molecule has 187 valence electrons. The number of hydrogen-bond acceptors (Lipinski definition) is 12. The van der Waals surface area contributed by atoms with E-state index in [4.69, 9.17) is 61.3 Å². The van der Waals surface area contributed by atoms with E-state index in [-0.39, 0.29) is 93.2 Å². The quantitative estimate of drug-likeness (QED) is 0.0808. The van der Waals surface area contributed by atoms with Crippen LogP contribution in [0, 0.1) is 0 Å².